The molecule has 0 amide bonds. The van der Waals surface area contributed by atoms with E-state index in [2.05, 4.69) is 25.9 Å². The van der Waals surface area contributed by atoms with Crippen molar-refractivity contribution in [3.05, 3.63) is 34.5 Å². The van der Waals surface area contributed by atoms with Crippen LogP contribution < -0.4 is 0 Å². The third-order valence-electron chi connectivity index (χ3n) is 2.15. The highest BCUT2D eigenvalue weighted by molar-refractivity contribution is 9.10. The zero-order chi connectivity index (χ0) is 11.1. The van der Waals surface area contributed by atoms with E-state index in [1.54, 1.807) is 17.6 Å². The average molecular weight is 316 g/mol. The van der Waals surface area contributed by atoms with Gasteiger partial charge in [-0.2, -0.15) is 0 Å². The maximum atomic E-state index is 6.00. The molecule has 0 spiro atoms. The summed E-state index contributed by atoms with van der Waals surface area (Å²) in [4.78, 5) is 9.18. The van der Waals surface area contributed by atoms with Crippen LogP contribution in [-0.4, -0.2) is 9.97 Å². The van der Waals surface area contributed by atoms with Gasteiger partial charge in [0.25, 0.3) is 0 Å². The third kappa shape index (κ3) is 1.55. The summed E-state index contributed by atoms with van der Waals surface area (Å²) < 4.78 is 6.81. The standard InChI is InChI=1S/C10H4BrClN2OS/c11-9-5(1-2-15-9)7-3-6-8(16-7)10(12)14-4-13-6/h1-4H. The molecule has 0 aliphatic heterocycles. The van der Waals surface area contributed by atoms with Crippen molar-refractivity contribution in [2.75, 3.05) is 0 Å². The molecule has 16 heavy (non-hydrogen) atoms. The Morgan fingerprint density at radius 3 is 2.94 bits per heavy atom. The van der Waals surface area contributed by atoms with Gasteiger partial charge in [0.05, 0.1) is 16.5 Å². The van der Waals surface area contributed by atoms with Gasteiger partial charge in [0.15, 0.2) is 4.67 Å². The number of nitrogens with zero attached hydrogens (tertiary/aromatic N) is 2. The highest BCUT2D eigenvalue weighted by atomic mass is 79.9. The van der Waals surface area contributed by atoms with Gasteiger partial charge < -0.3 is 4.42 Å². The molecule has 0 saturated heterocycles. The molecule has 3 nitrogen and oxygen atoms in total. The summed E-state index contributed by atoms with van der Waals surface area (Å²) >= 11 is 10.9. The molecular formula is C10H4BrClN2OS. The molecular weight excluding hydrogens is 312 g/mol. The Morgan fingerprint density at radius 2 is 2.25 bits per heavy atom. The first-order chi connectivity index (χ1) is 7.75. The molecule has 0 atom stereocenters. The SMILES string of the molecule is Clc1ncnc2cc(-c3ccoc3Br)sc12. The molecule has 3 aromatic rings. The molecule has 0 aliphatic carbocycles. The largest absolute Gasteiger partial charge is 0.457 e. The van der Waals surface area contributed by atoms with Crippen LogP contribution in [0.15, 0.2) is 33.8 Å². The van der Waals surface area contributed by atoms with E-state index in [4.69, 9.17) is 16.0 Å². The van der Waals surface area contributed by atoms with Gasteiger partial charge in [0.2, 0.25) is 0 Å². The Kier molecular flexibility index (Phi) is 2.46. The lowest BCUT2D eigenvalue weighted by atomic mass is 10.3. The second kappa shape index (κ2) is 3.84. The minimum absolute atomic E-state index is 0.487. The van der Waals surface area contributed by atoms with Gasteiger partial charge in [-0.25, -0.2) is 9.97 Å². The number of halogens is 2. The van der Waals surface area contributed by atoms with Crippen molar-refractivity contribution in [1.29, 1.82) is 0 Å². The van der Waals surface area contributed by atoms with Crippen molar-refractivity contribution in [1.82, 2.24) is 9.97 Å². The second-order valence-electron chi connectivity index (χ2n) is 3.10. The summed E-state index contributed by atoms with van der Waals surface area (Å²) in [6.45, 7) is 0. The fourth-order valence-electron chi connectivity index (χ4n) is 1.43. The van der Waals surface area contributed by atoms with Gasteiger partial charge in [0, 0.05) is 10.4 Å². The molecule has 0 saturated carbocycles. The number of hydrogen-bond acceptors (Lipinski definition) is 4. The molecule has 3 aromatic heterocycles. The van der Waals surface area contributed by atoms with E-state index in [0.29, 0.717) is 9.82 Å². The van der Waals surface area contributed by atoms with E-state index in [1.807, 2.05) is 12.1 Å². The molecule has 0 fully saturated rings. The summed E-state index contributed by atoms with van der Waals surface area (Å²) in [6, 6.07) is 3.87. The number of thiophene rings is 1. The Hall–Kier alpha value is -0.910. The number of furan rings is 1. The van der Waals surface area contributed by atoms with Crippen molar-refractivity contribution in [3.8, 4) is 10.4 Å². The van der Waals surface area contributed by atoms with Gasteiger partial charge in [-0.05, 0) is 28.1 Å². The van der Waals surface area contributed by atoms with Crippen LogP contribution >= 0.6 is 38.9 Å². The smallest absolute Gasteiger partial charge is 0.177 e. The quantitative estimate of drug-likeness (QED) is 0.626. The van der Waals surface area contributed by atoms with Crippen molar-refractivity contribution in [3.63, 3.8) is 0 Å². The van der Waals surface area contributed by atoms with E-state index in [-0.39, 0.29) is 0 Å². The molecule has 0 unspecified atom stereocenters. The molecule has 6 heteroatoms. The first-order valence-electron chi connectivity index (χ1n) is 4.39. The van der Waals surface area contributed by atoms with E-state index in [1.165, 1.54) is 6.33 Å². The molecule has 0 radical (unpaired) electrons. The number of hydrogen-bond donors (Lipinski definition) is 0. The lowest BCUT2D eigenvalue weighted by Gasteiger charge is -1.89. The van der Waals surface area contributed by atoms with E-state index < -0.39 is 0 Å². The van der Waals surface area contributed by atoms with Crippen molar-refractivity contribution in [2.45, 2.75) is 0 Å². The fraction of sp³-hybridized carbons (Fsp3) is 0. The van der Waals surface area contributed by atoms with Crippen LogP contribution in [0.2, 0.25) is 5.15 Å². The molecule has 80 valence electrons. The van der Waals surface area contributed by atoms with E-state index in [9.17, 15) is 0 Å². The average Bonchev–Trinajstić information content (AvgIpc) is 2.84. The Morgan fingerprint density at radius 1 is 1.38 bits per heavy atom. The predicted molar refractivity (Wildman–Crippen MR) is 67.8 cm³/mol. The van der Waals surface area contributed by atoms with Gasteiger partial charge in [0.1, 0.15) is 11.5 Å². The number of aromatic nitrogens is 2. The van der Waals surface area contributed by atoms with Crippen LogP contribution in [0.25, 0.3) is 20.7 Å². The van der Waals surface area contributed by atoms with Crippen LogP contribution in [-0.2, 0) is 0 Å². The van der Waals surface area contributed by atoms with E-state index in [0.717, 1.165) is 20.7 Å². The zero-order valence-electron chi connectivity index (χ0n) is 7.78. The maximum Gasteiger partial charge on any atom is 0.177 e. The lowest BCUT2D eigenvalue weighted by molar-refractivity contribution is 0.542. The number of rotatable bonds is 1. The van der Waals surface area contributed by atoms with Crippen LogP contribution in [0.5, 0.6) is 0 Å². The summed E-state index contributed by atoms with van der Waals surface area (Å²) in [5.74, 6) is 0. The molecule has 0 bridgehead atoms. The summed E-state index contributed by atoms with van der Waals surface area (Å²) in [5, 5.41) is 0.487. The fourth-order valence-corrected chi connectivity index (χ4v) is 3.28. The zero-order valence-corrected chi connectivity index (χ0v) is 10.9. The van der Waals surface area contributed by atoms with Crippen LogP contribution in [0, 0.1) is 0 Å². The predicted octanol–water partition coefficient (Wildman–Crippen LogP) is 4.37. The highest BCUT2D eigenvalue weighted by Crippen LogP contribution is 2.38. The summed E-state index contributed by atoms with van der Waals surface area (Å²) in [5.41, 5.74) is 1.85. The first kappa shape index (κ1) is 10.3. The Bertz CT molecular complexity index is 664. The van der Waals surface area contributed by atoms with Crippen molar-refractivity contribution < 1.29 is 4.42 Å². The monoisotopic (exact) mass is 314 g/mol. The molecule has 3 rings (SSSR count). The van der Waals surface area contributed by atoms with Crippen LogP contribution in [0.4, 0.5) is 0 Å². The van der Waals surface area contributed by atoms with Crippen LogP contribution in [0.3, 0.4) is 0 Å². The first-order valence-corrected chi connectivity index (χ1v) is 6.38. The minimum atomic E-state index is 0.487. The van der Waals surface area contributed by atoms with Gasteiger partial charge >= 0.3 is 0 Å². The van der Waals surface area contributed by atoms with Crippen molar-refractivity contribution >= 4 is 49.1 Å². The molecule has 0 N–H and O–H groups in total. The normalized spacial score (nSPS) is 11.1. The minimum Gasteiger partial charge on any atom is -0.457 e. The topological polar surface area (TPSA) is 38.9 Å². The Labute approximate surface area is 108 Å². The molecule has 0 aromatic carbocycles. The number of fused-ring (bicyclic) bond motifs is 1. The van der Waals surface area contributed by atoms with Gasteiger partial charge in [-0.15, -0.1) is 11.3 Å². The molecule has 0 aliphatic rings. The van der Waals surface area contributed by atoms with Crippen LogP contribution in [0.1, 0.15) is 0 Å². The maximum absolute atomic E-state index is 6.00. The van der Waals surface area contributed by atoms with Gasteiger partial charge in [-0.3, -0.25) is 0 Å². The summed E-state index contributed by atoms with van der Waals surface area (Å²) in [6.07, 6.45) is 3.10. The Balaban J connectivity index is 2.27. The summed E-state index contributed by atoms with van der Waals surface area (Å²) in [7, 11) is 0. The lowest BCUT2D eigenvalue weighted by Crippen LogP contribution is -1.76. The third-order valence-corrected chi connectivity index (χ3v) is 4.33. The second-order valence-corrected chi connectivity index (χ2v) is 5.23. The van der Waals surface area contributed by atoms with E-state index >= 15 is 0 Å². The van der Waals surface area contributed by atoms with Gasteiger partial charge in [-0.1, -0.05) is 11.6 Å². The van der Waals surface area contributed by atoms with Crippen molar-refractivity contribution in [2.24, 2.45) is 0 Å². The molecule has 3 heterocycles. The highest BCUT2D eigenvalue weighted by Gasteiger charge is 2.12.